The number of carbonyl (C=O) groups is 1. The number of fused-ring (bicyclic) bond motifs is 1. The molecule has 1 aromatic rings. The van der Waals surface area contributed by atoms with Gasteiger partial charge in [0.2, 0.25) is 5.91 Å². The third-order valence-electron chi connectivity index (χ3n) is 5.32. The summed E-state index contributed by atoms with van der Waals surface area (Å²) < 4.78 is 0. The summed E-state index contributed by atoms with van der Waals surface area (Å²) in [6.45, 7) is 1.78. The van der Waals surface area contributed by atoms with Crippen molar-refractivity contribution in [2.75, 3.05) is 13.1 Å². The van der Waals surface area contributed by atoms with Crippen LogP contribution < -0.4 is 10.6 Å². The Balaban J connectivity index is 1.44. The molecule has 3 nitrogen and oxygen atoms in total. The number of amides is 1. The van der Waals surface area contributed by atoms with Crippen molar-refractivity contribution in [2.45, 2.75) is 38.1 Å². The van der Waals surface area contributed by atoms with Crippen molar-refractivity contribution in [3.05, 3.63) is 35.4 Å². The molecule has 0 spiro atoms. The summed E-state index contributed by atoms with van der Waals surface area (Å²) >= 11 is 0. The highest BCUT2D eigenvalue weighted by atomic mass is 16.2. The Morgan fingerprint density at radius 3 is 2.85 bits per heavy atom. The Hall–Kier alpha value is -1.35. The van der Waals surface area contributed by atoms with Crippen LogP contribution in [0.2, 0.25) is 0 Å². The van der Waals surface area contributed by atoms with E-state index in [0.717, 1.165) is 31.0 Å². The van der Waals surface area contributed by atoms with Crippen LogP contribution in [0.3, 0.4) is 0 Å². The first-order chi connectivity index (χ1) is 9.78. The maximum atomic E-state index is 12.5. The third kappa shape index (κ3) is 2.14. The van der Waals surface area contributed by atoms with Crippen molar-refractivity contribution >= 4 is 5.91 Å². The van der Waals surface area contributed by atoms with Crippen LogP contribution in [-0.4, -0.2) is 19.0 Å². The largest absolute Gasteiger partial charge is 0.354 e. The highest BCUT2D eigenvalue weighted by Gasteiger charge is 2.53. The van der Waals surface area contributed by atoms with Crippen molar-refractivity contribution in [2.24, 2.45) is 11.3 Å². The molecule has 1 heterocycles. The zero-order valence-electron chi connectivity index (χ0n) is 11.8. The lowest BCUT2D eigenvalue weighted by atomic mass is 9.93. The van der Waals surface area contributed by atoms with Gasteiger partial charge in [0.25, 0.3) is 0 Å². The van der Waals surface area contributed by atoms with Gasteiger partial charge in [-0.3, -0.25) is 4.79 Å². The first-order valence-electron chi connectivity index (χ1n) is 7.87. The molecule has 106 valence electrons. The average Bonchev–Trinajstić information content (AvgIpc) is 3.37. The summed E-state index contributed by atoms with van der Waals surface area (Å²) in [5, 5.41) is 6.58. The van der Waals surface area contributed by atoms with Crippen molar-refractivity contribution in [3.8, 4) is 0 Å². The van der Waals surface area contributed by atoms with Gasteiger partial charge in [-0.1, -0.05) is 24.3 Å². The summed E-state index contributed by atoms with van der Waals surface area (Å²) in [7, 11) is 0. The van der Waals surface area contributed by atoms with Gasteiger partial charge in [-0.05, 0) is 54.6 Å². The molecular formula is C17H22N2O. The SMILES string of the molecule is O=C(NCC1(C2CC2)CC1)C1NCCc2ccccc21. The lowest BCUT2D eigenvalue weighted by Crippen LogP contribution is -2.43. The fraction of sp³-hybridized carbons (Fsp3) is 0.588. The lowest BCUT2D eigenvalue weighted by molar-refractivity contribution is -0.123. The molecule has 0 saturated heterocycles. The van der Waals surface area contributed by atoms with Crippen LogP contribution in [0.15, 0.2) is 24.3 Å². The van der Waals surface area contributed by atoms with Crippen LogP contribution in [0.5, 0.6) is 0 Å². The number of rotatable bonds is 4. The number of nitrogens with one attached hydrogen (secondary N) is 2. The van der Waals surface area contributed by atoms with Gasteiger partial charge in [0.05, 0.1) is 0 Å². The van der Waals surface area contributed by atoms with Gasteiger partial charge in [-0.25, -0.2) is 0 Å². The second kappa shape index (κ2) is 4.59. The van der Waals surface area contributed by atoms with E-state index in [-0.39, 0.29) is 11.9 Å². The summed E-state index contributed by atoms with van der Waals surface area (Å²) in [5.74, 6) is 1.05. The molecule has 1 aliphatic heterocycles. The molecule has 1 aromatic carbocycles. The van der Waals surface area contributed by atoms with Gasteiger partial charge < -0.3 is 10.6 Å². The van der Waals surface area contributed by atoms with E-state index in [1.54, 1.807) is 0 Å². The molecule has 3 aliphatic rings. The maximum absolute atomic E-state index is 12.5. The lowest BCUT2D eigenvalue weighted by Gasteiger charge is -2.27. The van der Waals surface area contributed by atoms with Crippen molar-refractivity contribution in [1.29, 1.82) is 0 Å². The number of hydrogen-bond donors (Lipinski definition) is 2. The summed E-state index contributed by atoms with van der Waals surface area (Å²) in [4.78, 5) is 12.5. The molecule has 0 aromatic heterocycles. The first kappa shape index (κ1) is 12.4. The van der Waals surface area contributed by atoms with E-state index in [2.05, 4.69) is 28.8 Å². The molecule has 1 atom stereocenters. The molecule has 1 unspecified atom stereocenters. The number of hydrogen-bond acceptors (Lipinski definition) is 2. The standard InChI is InChI=1S/C17H22N2O/c20-16(19-11-17(8-9-17)13-5-6-13)15-14-4-2-1-3-12(14)7-10-18-15/h1-4,13,15,18H,5-11H2,(H,19,20). The van der Waals surface area contributed by atoms with Crippen LogP contribution in [0.25, 0.3) is 0 Å². The van der Waals surface area contributed by atoms with Gasteiger partial charge in [-0.2, -0.15) is 0 Å². The molecule has 2 aliphatic carbocycles. The normalized spacial score (nSPS) is 26.7. The molecule has 2 fully saturated rings. The van der Waals surface area contributed by atoms with Crippen molar-refractivity contribution < 1.29 is 4.79 Å². The van der Waals surface area contributed by atoms with Gasteiger partial charge in [0.15, 0.2) is 0 Å². The minimum absolute atomic E-state index is 0.157. The topological polar surface area (TPSA) is 41.1 Å². The second-order valence-corrected chi connectivity index (χ2v) is 6.69. The van der Waals surface area contributed by atoms with E-state index in [1.165, 1.54) is 31.2 Å². The molecule has 20 heavy (non-hydrogen) atoms. The average molecular weight is 270 g/mol. The van der Waals surface area contributed by atoms with Gasteiger partial charge in [-0.15, -0.1) is 0 Å². The Labute approximate surface area is 120 Å². The van der Waals surface area contributed by atoms with Gasteiger partial charge in [0, 0.05) is 13.1 Å². The number of benzene rings is 1. The van der Waals surface area contributed by atoms with Crippen LogP contribution in [0, 0.1) is 11.3 Å². The molecule has 1 amide bonds. The van der Waals surface area contributed by atoms with E-state index in [1.807, 2.05) is 6.07 Å². The molecule has 2 saturated carbocycles. The summed E-state index contributed by atoms with van der Waals surface area (Å²) in [6.07, 6.45) is 6.39. The predicted molar refractivity (Wildman–Crippen MR) is 78.3 cm³/mol. The number of carbonyl (C=O) groups excluding carboxylic acids is 1. The Kier molecular flexibility index (Phi) is 2.84. The fourth-order valence-electron chi connectivity index (χ4n) is 3.69. The highest BCUT2D eigenvalue weighted by molar-refractivity contribution is 5.84. The van der Waals surface area contributed by atoms with E-state index in [9.17, 15) is 4.79 Å². The van der Waals surface area contributed by atoms with E-state index in [0.29, 0.717) is 5.41 Å². The van der Waals surface area contributed by atoms with E-state index >= 15 is 0 Å². The second-order valence-electron chi connectivity index (χ2n) is 6.69. The molecule has 4 rings (SSSR count). The Morgan fingerprint density at radius 2 is 2.10 bits per heavy atom. The van der Waals surface area contributed by atoms with Crippen molar-refractivity contribution in [3.63, 3.8) is 0 Å². The van der Waals surface area contributed by atoms with Crippen LogP contribution in [-0.2, 0) is 11.2 Å². The molecule has 0 bridgehead atoms. The third-order valence-corrected chi connectivity index (χ3v) is 5.32. The monoisotopic (exact) mass is 270 g/mol. The van der Waals surface area contributed by atoms with Crippen LogP contribution >= 0.6 is 0 Å². The van der Waals surface area contributed by atoms with E-state index < -0.39 is 0 Å². The Bertz CT molecular complexity index is 532. The zero-order chi connectivity index (χ0) is 13.6. The van der Waals surface area contributed by atoms with Gasteiger partial charge in [0.1, 0.15) is 6.04 Å². The maximum Gasteiger partial charge on any atom is 0.241 e. The van der Waals surface area contributed by atoms with Crippen molar-refractivity contribution in [1.82, 2.24) is 10.6 Å². The smallest absolute Gasteiger partial charge is 0.241 e. The summed E-state index contributed by atoms with van der Waals surface area (Å²) in [6, 6.07) is 8.15. The van der Waals surface area contributed by atoms with Crippen LogP contribution in [0.1, 0.15) is 42.9 Å². The fourth-order valence-corrected chi connectivity index (χ4v) is 3.69. The minimum atomic E-state index is -0.157. The first-order valence-corrected chi connectivity index (χ1v) is 7.87. The summed E-state index contributed by atoms with van der Waals surface area (Å²) in [5.41, 5.74) is 2.95. The zero-order valence-corrected chi connectivity index (χ0v) is 11.8. The molecule has 0 radical (unpaired) electrons. The highest BCUT2D eigenvalue weighted by Crippen LogP contribution is 2.60. The van der Waals surface area contributed by atoms with E-state index in [4.69, 9.17) is 0 Å². The molecular weight excluding hydrogens is 248 g/mol. The Morgan fingerprint density at radius 1 is 1.30 bits per heavy atom. The minimum Gasteiger partial charge on any atom is -0.354 e. The quantitative estimate of drug-likeness (QED) is 0.880. The molecule has 2 N–H and O–H groups in total. The van der Waals surface area contributed by atoms with Crippen LogP contribution in [0.4, 0.5) is 0 Å². The predicted octanol–water partition coefficient (Wildman–Crippen LogP) is 2.18. The molecule has 3 heteroatoms. The van der Waals surface area contributed by atoms with Gasteiger partial charge >= 0.3 is 0 Å².